The van der Waals surface area contributed by atoms with Crippen molar-refractivity contribution in [3.8, 4) is 5.88 Å². The Labute approximate surface area is 180 Å². The molecule has 1 aliphatic rings. The highest BCUT2D eigenvalue weighted by atomic mass is 35.5. The molecule has 30 heavy (non-hydrogen) atoms. The SMILES string of the molecule is COCCOc1ccc(C(=O)N2CCN(C(=O)/C=C/c3ccc(Cl)cc3)CC2)cn1. The Kier molecular flexibility index (Phi) is 7.82. The lowest BCUT2D eigenvalue weighted by molar-refractivity contribution is -0.127. The smallest absolute Gasteiger partial charge is 0.255 e. The van der Waals surface area contributed by atoms with Crippen molar-refractivity contribution in [3.63, 3.8) is 0 Å². The molecule has 158 valence electrons. The third-order valence-electron chi connectivity index (χ3n) is 4.69. The molecule has 3 rings (SSSR count). The van der Waals surface area contributed by atoms with Crippen LogP contribution in [-0.2, 0) is 9.53 Å². The molecule has 0 radical (unpaired) electrons. The molecule has 0 atom stereocenters. The Morgan fingerprint density at radius 2 is 1.73 bits per heavy atom. The minimum atomic E-state index is -0.102. The number of rotatable bonds is 7. The van der Waals surface area contributed by atoms with Crippen LogP contribution in [0.1, 0.15) is 15.9 Å². The van der Waals surface area contributed by atoms with E-state index < -0.39 is 0 Å². The average Bonchev–Trinajstić information content (AvgIpc) is 2.79. The molecule has 2 amide bonds. The van der Waals surface area contributed by atoms with E-state index in [0.29, 0.717) is 55.9 Å². The molecule has 0 spiro atoms. The Hall–Kier alpha value is -2.90. The van der Waals surface area contributed by atoms with Gasteiger partial charge < -0.3 is 19.3 Å². The molecule has 8 heteroatoms. The molecule has 1 saturated heterocycles. The van der Waals surface area contributed by atoms with Gasteiger partial charge in [-0.2, -0.15) is 0 Å². The molecule has 0 bridgehead atoms. The lowest BCUT2D eigenvalue weighted by Gasteiger charge is -2.34. The largest absolute Gasteiger partial charge is 0.475 e. The zero-order chi connectivity index (χ0) is 21.3. The summed E-state index contributed by atoms with van der Waals surface area (Å²) in [7, 11) is 1.60. The summed E-state index contributed by atoms with van der Waals surface area (Å²) in [5.41, 5.74) is 1.40. The van der Waals surface area contributed by atoms with E-state index in [4.69, 9.17) is 21.1 Å². The van der Waals surface area contributed by atoms with Gasteiger partial charge in [-0.15, -0.1) is 0 Å². The number of hydrogen-bond donors (Lipinski definition) is 0. The fraction of sp³-hybridized carbons (Fsp3) is 0.318. The summed E-state index contributed by atoms with van der Waals surface area (Å²) in [6, 6.07) is 10.6. The highest BCUT2D eigenvalue weighted by Crippen LogP contribution is 2.13. The standard InChI is InChI=1S/C22H24ClN3O4/c1-29-14-15-30-20-8-5-18(16-24-20)22(28)26-12-10-25(11-13-26)21(27)9-4-17-2-6-19(23)7-3-17/h2-9,16H,10-15H2,1H3/b9-4+. The summed E-state index contributed by atoms with van der Waals surface area (Å²) in [4.78, 5) is 32.7. The van der Waals surface area contributed by atoms with Gasteiger partial charge in [0.2, 0.25) is 11.8 Å². The van der Waals surface area contributed by atoms with E-state index in [1.807, 2.05) is 12.1 Å². The van der Waals surface area contributed by atoms with E-state index in [0.717, 1.165) is 5.56 Å². The molecule has 2 aromatic rings. The van der Waals surface area contributed by atoms with Crippen LogP contribution in [0.25, 0.3) is 6.08 Å². The van der Waals surface area contributed by atoms with E-state index in [1.54, 1.807) is 53.3 Å². The Bertz CT molecular complexity index is 876. The zero-order valence-electron chi connectivity index (χ0n) is 16.8. The number of methoxy groups -OCH3 is 1. The molecular formula is C22H24ClN3O4. The van der Waals surface area contributed by atoms with Gasteiger partial charge in [0.1, 0.15) is 6.61 Å². The monoisotopic (exact) mass is 429 g/mol. The third-order valence-corrected chi connectivity index (χ3v) is 4.94. The summed E-state index contributed by atoms with van der Waals surface area (Å²) in [6.45, 7) is 2.80. The second-order valence-electron chi connectivity index (χ2n) is 6.73. The number of nitrogens with zero attached hydrogens (tertiary/aromatic N) is 3. The van der Waals surface area contributed by atoms with Crippen molar-refractivity contribution in [1.82, 2.24) is 14.8 Å². The normalized spacial score (nSPS) is 14.2. The van der Waals surface area contributed by atoms with Crippen molar-refractivity contribution in [1.29, 1.82) is 0 Å². The fourth-order valence-electron chi connectivity index (χ4n) is 2.98. The predicted octanol–water partition coefficient (Wildman–Crippen LogP) is 2.76. The van der Waals surface area contributed by atoms with Crippen molar-refractivity contribution < 1.29 is 19.1 Å². The Morgan fingerprint density at radius 3 is 2.37 bits per heavy atom. The van der Waals surface area contributed by atoms with Crippen LogP contribution in [0, 0.1) is 0 Å². The number of amides is 2. The van der Waals surface area contributed by atoms with E-state index in [-0.39, 0.29) is 11.8 Å². The summed E-state index contributed by atoms with van der Waals surface area (Å²) in [5, 5.41) is 0.655. The van der Waals surface area contributed by atoms with Gasteiger partial charge in [0, 0.05) is 56.7 Å². The second-order valence-corrected chi connectivity index (χ2v) is 7.17. The number of aromatic nitrogens is 1. The molecule has 0 aliphatic carbocycles. The van der Waals surface area contributed by atoms with Crippen LogP contribution in [0.4, 0.5) is 0 Å². The van der Waals surface area contributed by atoms with Gasteiger partial charge in [-0.05, 0) is 29.8 Å². The molecule has 7 nitrogen and oxygen atoms in total. The van der Waals surface area contributed by atoms with E-state index in [1.165, 1.54) is 6.20 Å². The van der Waals surface area contributed by atoms with Crippen LogP contribution in [-0.4, -0.2) is 73.1 Å². The Balaban J connectivity index is 1.49. The van der Waals surface area contributed by atoms with Crippen molar-refractivity contribution >= 4 is 29.5 Å². The highest BCUT2D eigenvalue weighted by Gasteiger charge is 2.24. The molecule has 1 aliphatic heterocycles. The fourth-order valence-corrected chi connectivity index (χ4v) is 3.11. The van der Waals surface area contributed by atoms with Crippen molar-refractivity contribution in [2.75, 3.05) is 46.5 Å². The van der Waals surface area contributed by atoms with Crippen LogP contribution in [0.3, 0.4) is 0 Å². The summed E-state index contributed by atoms with van der Waals surface area (Å²) in [6.07, 6.45) is 4.82. The molecule has 1 fully saturated rings. The Morgan fingerprint density at radius 1 is 1.03 bits per heavy atom. The number of carbonyl (C=O) groups excluding carboxylic acids is 2. The van der Waals surface area contributed by atoms with E-state index in [2.05, 4.69) is 4.98 Å². The number of pyridine rings is 1. The summed E-state index contributed by atoms with van der Waals surface area (Å²) < 4.78 is 10.3. The average molecular weight is 430 g/mol. The summed E-state index contributed by atoms with van der Waals surface area (Å²) in [5.74, 6) is 0.275. The van der Waals surface area contributed by atoms with Gasteiger partial charge >= 0.3 is 0 Å². The lowest BCUT2D eigenvalue weighted by Crippen LogP contribution is -2.50. The van der Waals surface area contributed by atoms with Crippen LogP contribution < -0.4 is 4.74 Å². The first kappa shape index (κ1) is 21.8. The van der Waals surface area contributed by atoms with Crippen molar-refractivity contribution in [3.05, 3.63) is 64.8 Å². The molecule has 1 aromatic heterocycles. The number of hydrogen-bond acceptors (Lipinski definition) is 5. The molecule has 0 unspecified atom stereocenters. The van der Waals surface area contributed by atoms with Gasteiger partial charge in [-0.3, -0.25) is 9.59 Å². The van der Waals surface area contributed by atoms with Gasteiger partial charge in [-0.1, -0.05) is 23.7 Å². The minimum Gasteiger partial charge on any atom is -0.475 e. The van der Waals surface area contributed by atoms with Crippen molar-refractivity contribution in [2.24, 2.45) is 0 Å². The van der Waals surface area contributed by atoms with Gasteiger partial charge in [-0.25, -0.2) is 4.98 Å². The molecule has 0 saturated carbocycles. The first-order chi connectivity index (χ1) is 14.6. The summed E-state index contributed by atoms with van der Waals surface area (Å²) >= 11 is 5.87. The first-order valence-corrected chi connectivity index (χ1v) is 10.0. The number of carbonyl (C=O) groups is 2. The quantitative estimate of drug-likeness (QED) is 0.500. The van der Waals surface area contributed by atoms with Crippen LogP contribution in [0.5, 0.6) is 5.88 Å². The maximum atomic E-state index is 12.7. The number of piperazine rings is 1. The molecule has 0 N–H and O–H groups in total. The highest BCUT2D eigenvalue weighted by molar-refractivity contribution is 6.30. The lowest BCUT2D eigenvalue weighted by atomic mass is 10.2. The van der Waals surface area contributed by atoms with Gasteiger partial charge in [0.05, 0.1) is 12.2 Å². The van der Waals surface area contributed by atoms with Gasteiger partial charge in [0.15, 0.2) is 0 Å². The third kappa shape index (κ3) is 6.05. The zero-order valence-corrected chi connectivity index (χ0v) is 17.5. The number of benzene rings is 1. The predicted molar refractivity (Wildman–Crippen MR) is 115 cm³/mol. The van der Waals surface area contributed by atoms with E-state index in [9.17, 15) is 9.59 Å². The molecule has 2 heterocycles. The van der Waals surface area contributed by atoms with Crippen LogP contribution in [0.2, 0.25) is 5.02 Å². The maximum Gasteiger partial charge on any atom is 0.255 e. The van der Waals surface area contributed by atoms with Gasteiger partial charge in [0.25, 0.3) is 5.91 Å². The van der Waals surface area contributed by atoms with Crippen LogP contribution in [0.15, 0.2) is 48.7 Å². The second kappa shape index (κ2) is 10.8. The van der Waals surface area contributed by atoms with Crippen molar-refractivity contribution in [2.45, 2.75) is 0 Å². The minimum absolute atomic E-state index is 0.0729. The molecule has 1 aromatic carbocycles. The number of ether oxygens (including phenoxy) is 2. The van der Waals surface area contributed by atoms with Crippen LogP contribution >= 0.6 is 11.6 Å². The molecular weight excluding hydrogens is 406 g/mol. The topological polar surface area (TPSA) is 72.0 Å². The number of halogens is 1. The first-order valence-electron chi connectivity index (χ1n) is 9.66. The van der Waals surface area contributed by atoms with E-state index >= 15 is 0 Å². The maximum absolute atomic E-state index is 12.7.